The third kappa shape index (κ3) is 4.62. The standard InChI is InChI=1S/C18H15FIN3O2/c1-11-10-14(20)6-7-15(11)21-16(24)8-9-17-22-18(23-25-17)12-2-4-13(19)5-3-12/h2-7,10H,8-9H2,1H3,(H,21,24). The minimum absolute atomic E-state index is 0.120. The number of hydrogen-bond donors (Lipinski definition) is 1. The average molecular weight is 451 g/mol. The minimum Gasteiger partial charge on any atom is -0.339 e. The van der Waals surface area contributed by atoms with Gasteiger partial charge >= 0.3 is 0 Å². The summed E-state index contributed by atoms with van der Waals surface area (Å²) in [5, 5.41) is 6.74. The van der Waals surface area contributed by atoms with Crippen molar-refractivity contribution in [1.29, 1.82) is 0 Å². The molecule has 0 aliphatic rings. The van der Waals surface area contributed by atoms with Crippen molar-refractivity contribution in [3.63, 3.8) is 0 Å². The Balaban J connectivity index is 1.58. The quantitative estimate of drug-likeness (QED) is 0.586. The van der Waals surface area contributed by atoms with Gasteiger partial charge in [0.2, 0.25) is 17.6 Å². The van der Waals surface area contributed by atoms with E-state index >= 15 is 0 Å². The van der Waals surface area contributed by atoms with Gasteiger partial charge < -0.3 is 9.84 Å². The lowest BCUT2D eigenvalue weighted by Gasteiger charge is -2.08. The van der Waals surface area contributed by atoms with E-state index in [1.807, 2.05) is 25.1 Å². The van der Waals surface area contributed by atoms with Gasteiger partial charge in [0.25, 0.3) is 0 Å². The highest BCUT2D eigenvalue weighted by molar-refractivity contribution is 14.1. The van der Waals surface area contributed by atoms with Crippen molar-refractivity contribution in [3.8, 4) is 11.4 Å². The molecule has 3 aromatic rings. The molecule has 0 saturated carbocycles. The number of carbonyl (C=O) groups is 1. The summed E-state index contributed by atoms with van der Waals surface area (Å²) in [7, 11) is 0. The number of nitrogens with zero attached hydrogens (tertiary/aromatic N) is 2. The van der Waals surface area contributed by atoms with E-state index in [-0.39, 0.29) is 18.1 Å². The molecule has 1 N–H and O–H groups in total. The van der Waals surface area contributed by atoms with Crippen LogP contribution in [0.15, 0.2) is 47.0 Å². The molecule has 2 aromatic carbocycles. The van der Waals surface area contributed by atoms with E-state index in [9.17, 15) is 9.18 Å². The van der Waals surface area contributed by atoms with E-state index in [1.165, 1.54) is 12.1 Å². The van der Waals surface area contributed by atoms with E-state index in [0.29, 0.717) is 23.7 Å². The number of rotatable bonds is 5. The first-order valence-electron chi connectivity index (χ1n) is 7.66. The van der Waals surface area contributed by atoms with Gasteiger partial charge in [-0.15, -0.1) is 0 Å². The first-order chi connectivity index (χ1) is 12.0. The van der Waals surface area contributed by atoms with Crippen molar-refractivity contribution in [1.82, 2.24) is 10.1 Å². The summed E-state index contributed by atoms with van der Waals surface area (Å²) < 4.78 is 19.2. The van der Waals surface area contributed by atoms with E-state index in [0.717, 1.165) is 14.8 Å². The highest BCUT2D eigenvalue weighted by Gasteiger charge is 2.11. The maximum Gasteiger partial charge on any atom is 0.227 e. The van der Waals surface area contributed by atoms with Crippen LogP contribution < -0.4 is 5.32 Å². The van der Waals surface area contributed by atoms with Crippen molar-refractivity contribution in [2.75, 3.05) is 5.32 Å². The third-order valence-corrected chi connectivity index (χ3v) is 4.27. The fourth-order valence-corrected chi connectivity index (χ4v) is 2.92. The van der Waals surface area contributed by atoms with Crippen LogP contribution in [0, 0.1) is 16.3 Å². The summed E-state index contributed by atoms with van der Waals surface area (Å²) in [6.07, 6.45) is 0.569. The number of aryl methyl sites for hydroxylation is 2. The molecule has 0 spiro atoms. The van der Waals surface area contributed by atoms with Gasteiger partial charge in [0, 0.05) is 27.7 Å². The molecule has 0 fully saturated rings. The number of benzene rings is 2. The van der Waals surface area contributed by atoms with E-state index in [1.54, 1.807) is 12.1 Å². The predicted molar refractivity (Wildman–Crippen MR) is 101 cm³/mol. The summed E-state index contributed by atoms with van der Waals surface area (Å²) >= 11 is 2.23. The second-order valence-electron chi connectivity index (χ2n) is 5.53. The molecular formula is C18H15FIN3O2. The molecule has 128 valence electrons. The zero-order chi connectivity index (χ0) is 17.8. The van der Waals surface area contributed by atoms with E-state index < -0.39 is 0 Å². The first kappa shape index (κ1) is 17.5. The molecule has 1 heterocycles. The number of anilines is 1. The van der Waals surface area contributed by atoms with Crippen molar-refractivity contribution < 1.29 is 13.7 Å². The molecule has 7 heteroatoms. The Hall–Kier alpha value is -2.29. The van der Waals surface area contributed by atoms with Crippen LogP contribution in [-0.4, -0.2) is 16.0 Å². The number of nitrogens with one attached hydrogen (secondary N) is 1. The summed E-state index contributed by atoms with van der Waals surface area (Å²) in [6, 6.07) is 11.7. The maximum absolute atomic E-state index is 12.9. The molecule has 0 saturated heterocycles. The van der Waals surface area contributed by atoms with E-state index in [4.69, 9.17) is 4.52 Å². The molecule has 5 nitrogen and oxygen atoms in total. The van der Waals surface area contributed by atoms with Crippen LogP contribution in [0.4, 0.5) is 10.1 Å². The molecule has 0 unspecified atom stereocenters. The Morgan fingerprint density at radius 1 is 1.24 bits per heavy atom. The minimum atomic E-state index is -0.324. The number of amides is 1. The topological polar surface area (TPSA) is 68.0 Å². The SMILES string of the molecule is Cc1cc(I)ccc1NC(=O)CCc1nc(-c2ccc(F)cc2)no1. The first-order valence-corrected chi connectivity index (χ1v) is 8.73. The molecule has 0 aliphatic heterocycles. The maximum atomic E-state index is 12.9. The van der Waals surface area contributed by atoms with Crippen LogP contribution in [0.5, 0.6) is 0 Å². The number of carbonyl (C=O) groups excluding carboxylic acids is 1. The van der Waals surface area contributed by atoms with Gasteiger partial charge in [0.15, 0.2) is 0 Å². The predicted octanol–water partition coefficient (Wildman–Crippen LogP) is 4.36. The number of hydrogen-bond acceptors (Lipinski definition) is 4. The summed E-state index contributed by atoms with van der Waals surface area (Å²) in [5.74, 6) is 0.304. The Morgan fingerprint density at radius 2 is 2.00 bits per heavy atom. The second kappa shape index (κ2) is 7.73. The lowest BCUT2D eigenvalue weighted by molar-refractivity contribution is -0.116. The normalized spacial score (nSPS) is 10.7. The second-order valence-corrected chi connectivity index (χ2v) is 6.77. The molecule has 0 bridgehead atoms. The van der Waals surface area contributed by atoms with Gasteiger partial charge in [-0.25, -0.2) is 4.39 Å². The van der Waals surface area contributed by atoms with Crippen molar-refractivity contribution in [2.24, 2.45) is 0 Å². The van der Waals surface area contributed by atoms with Crippen LogP contribution in [0.2, 0.25) is 0 Å². The molecule has 0 aliphatic carbocycles. The van der Waals surface area contributed by atoms with Gasteiger partial charge in [-0.2, -0.15) is 4.98 Å². The monoisotopic (exact) mass is 451 g/mol. The Morgan fingerprint density at radius 3 is 2.72 bits per heavy atom. The lowest BCUT2D eigenvalue weighted by atomic mass is 10.2. The van der Waals surface area contributed by atoms with Gasteiger partial charge in [-0.1, -0.05) is 5.16 Å². The zero-order valence-corrected chi connectivity index (χ0v) is 15.6. The van der Waals surface area contributed by atoms with Crippen molar-refractivity contribution in [2.45, 2.75) is 19.8 Å². The van der Waals surface area contributed by atoms with Crippen molar-refractivity contribution in [3.05, 3.63) is 63.3 Å². The summed E-state index contributed by atoms with van der Waals surface area (Å²) in [4.78, 5) is 16.3. The zero-order valence-electron chi connectivity index (χ0n) is 13.4. The molecule has 1 aromatic heterocycles. The van der Waals surface area contributed by atoms with Crippen molar-refractivity contribution >= 4 is 34.2 Å². The summed E-state index contributed by atoms with van der Waals surface area (Å²) in [6.45, 7) is 1.95. The lowest BCUT2D eigenvalue weighted by Crippen LogP contribution is -2.13. The van der Waals surface area contributed by atoms with Crippen LogP contribution in [-0.2, 0) is 11.2 Å². The molecular weight excluding hydrogens is 436 g/mol. The Labute approximate surface area is 157 Å². The molecule has 0 radical (unpaired) electrons. The largest absolute Gasteiger partial charge is 0.339 e. The number of halogens is 2. The van der Waals surface area contributed by atoms with Gasteiger partial charge in [-0.3, -0.25) is 4.79 Å². The molecule has 1 amide bonds. The van der Waals surface area contributed by atoms with Gasteiger partial charge in [-0.05, 0) is 77.5 Å². The fraction of sp³-hybridized carbons (Fsp3) is 0.167. The third-order valence-electron chi connectivity index (χ3n) is 3.60. The smallest absolute Gasteiger partial charge is 0.227 e. The van der Waals surface area contributed by atoms with Crippen LogP contribution in [0.1, 0.15) is 17.9 Å². The fourth-order valence-electron chi connectivity index (χ4n) is 2.27. The molecule has 0 atom stereocenters. The Kier molecular flexibility index (Phi) is 5.42. The Bertz CT molecular complexity index is 894. The van der Waals surface area contributed by atoms with Crippen LogP contribution in [0.25, 0.3) is 11.4 Å². The van der Waals surface area contributed by atoms with Crippen LogP contribution in [0.3, 0.4) is 0 Å². The highest BCUT2D eigenvalue weighted by Crippen LogP contribution is 2.19. The van der Waals surface area contributed by atoms with Gasteiger partial charge in [0.1, 0.15) is 5.82 Å². The average Bonchev–Trinajstić information content (AvgIpc) is 3.05. The van der Waals surface area contributed by atoms with Gasteiger partial charge in [0.05, 0.1) is 0 Å². The van der Waals surface area contributed by atoms with E-state index in [2.05, 4.69) is 38.0 Å². The number of aromatic nitrogens is 2. The summed E-state index contributed by atoms with van der Waals surface area (Å²) in [5.41, 5.74) is 2.47. The molecule has 3 rings (SSSR count). The highest BCUT2D eigenvalue weighted by atomic mass is 127. The van der Waals surface area contributed by atoms with Crippen LogP contribution >= 0.6 is 22.6 Å². The molecule has 25 heavy (non-hydrogen) atoms.